The highest BCUT2D eigenvalue weighted by atomic mass is 16.6. The minimum Gasteiger partial charge on any atom is -0.493 e. The number of carbonyl (C=O) groups excluding carboxylic acids is 2. The van der Waals surface area contributed by atoms with E-state index in [1.807, 2.05) is 0 Å². The second-order valence-corrected chi connectivity index (χ2v) is 6.02. The van der Waals surface area contributed by atoms with Crippen LogP contribution in [0.4, 0.5) is 0 Å². The smallest absolute Gasteiger partial charge is 0.346 e. The van der Waals surface area contributed by atoms with Crippen LogP contribution in [0.25, 0.3) is 12.2 Å². The van der Waals surface area contributed by atoms with Gasteiger partial charge in [-0.05, 0) is 47.5 Å². The Kier molecular flexibility index (Phi) is 5.87. The summed E-state index contributed by atoms with van der Waals surface area (Å²) in [6.45, 7) is 0. The first-order valence-corrected chi connectivity index (χ1v) is 8.65. The SMILES string of the molecule is COc1ccc(C=C2C(=O)OC(=O)C2=Cc2ccc(OC)c(OC)c2)cc1OC. The van der Waals surface area contributed by atoms with Crippen molar-refractivity contribution in [1.82, 2.24) is 0 Å². The Hall–Kier alpha value is -3.74. The van der Waals surface area contributed by atoms with E-state index in [4.69, 9.17) is 23.7 Å². The second-order valence-electron chi connectivity index (χ2n) is 6.02. The van der Waals surface area contributed by atoms with Crippen molar-refractivity contribution in [2.75, 3.05) is 28.4 Å². The summed E-state index contributed by atoms with van der Waals surface area (Å²) in [4.78, 5) is 24.5. The molecule has 1 aliphatic heterocycles. The molecule has 0 radical (unpaired) electrons. The number of benzene rings is 2. The van der Waals surface area contributed by atoms with Crippen LogP contribution in [0, 0.1) is 0 Å². The molecule has 1 saturated heterocycles. The van der Waals surface area contributed by atoms with Crippen molar-refractivity contribution in [3.8, 4) is 23.0 Å². The van der Waals surface area contributed by atoms with Crippen molar-refractivity contribution in [2.24, 2.45) is 0 Å². The summed E-state index contributed by atoms with van der Waals surface area (Å²) in [6, 6.07) is 10.3. The normalized spacial score (nSPS) is 16.1. The van der Waals surface area contributed by atoms with Crippen LogP contribution in [0.3, 0.4) is 0 Å². The molecule has 0 amide bonds. The molecule has 3 rings (SSSR count). The first-order chi connectivity index (χ1) is 14.0. The number of carbonyl (C=O) groups is 2. The highest BCUT2D eigenvalue weighted by Crippen LogP contribution is 2.33. The number of rotatable bonds is 6. The zero-order valence-electron chi connectivity index (χ0n) is 16.5. The Morgan fingerprint density at radius 1 is 0.621 bits per heavy atom. The van der Waals surface area contributed by atoms with Crippen molar-refractivity contribution >= 4 is 24.1 Å². The van der Waals surface area contributed by atoms with E-state index < -0.39 is 11.9 Å². The van der Waals surface area contributed by atoms with Crippen molar-refractivity contribution in [3.05, 3.63) is 58.7 Å². The van der Waals surface area contributed by atoms with Gasteiger partial charge in [0.15, 0.2) is 23.0 Å². The molecule has 0 N–H and O–H groups in total. The highest BCUT2D eigenvalue weighted by Gasteiger charge is 2.33. The molecule has 1 heterocycles. The molecule has 2 aromatic rings. The van der Waals surface area contributed by atoms with Gasteiger partial charge in [-0.3, -0.25) is 0 Å². The summed E-state index contributed by atoms with van der Waals surface area (Å²) in [6.07, 6.45) is 3.14. The molecule has 7 nitrogen and oxygen atoms in total. The summed E-state index contributed by atoms with van der Waals surface area (Å²) in [7, 11) is 6.11. The van der Waals surface area contributed by atoms with E-state index in [-0.39, 0.29) is 11.1 Å². The van der Waals surface area contributed by atoms with Crippen LogP contribution in [0.5, 0.6) is 23.0 Å². The van der Waals surface area contributed by atoms with Gasteiger partial charge in [0.1, 0.15) is 0 Å². The molecule has 7 heteroatoms. The standard InChI is InChI=1S/C22H20O7/c1-25-17-7-5-13(11-19(17)27-3)9-15-16(22(24)29-21(15)23)10-14-6-8-18(26-2)20(12-14)28-4/h5-12H,1-4H3. The number of methoxy groups -OCH3 is 4. The molecule has 0 atom stereocenters. The highest BCUT2D eigenvalue weighted by molar-refractivity contribution is 6.22. The van der Waals surface area contributed by atoms with Gasteiger partial charge < -0.3 is 23.7 Å². The lowest BCUT2D eigenvalue weighted by Gasteiger charge is -2.08. The van der Waals surface area contributed by atoms with Gasteiger partial charge >= 0.3 is 11.9 Å². The number of hydrogen-bond donors (Lipinski definition) is 0. The van der Waals surface area contributed by atoms with Crippen molar-refractivity contribution < 1.29 is 33.3 Å². The Morgan fingerprint density at radius 3 is 1.34 bits per heavy atom. The molecule has 0 bridgehead atoms. The van der Waals surface area contributed by atoms with E-state index in [0.717, 1.165) is 0 Å². The average Bonchev–Trinajstić information content (AvgIpc) is 3.00. The molecule has 0 unspecified atom stereocenters. The largest absolute Gasteiger partial charge is 0.493 e. The van der Waals surface area contributed by atoms with Gasteiger partial charge in [0, 0.05) is 0 Å². The van der Waals surface area contributed by atoms with Crippen molar-refractivity contribution in [3.63, 3.8) is 0 Å². The Labute approximate surface area is 168 Å². The lowest BCUT2D eigenvalue weighted by atomic mass is 10.0. The van der Waals surface area contributed by atoms with Gasteiger partial charge in [-0.2, -0.15) is 0 Å². The summed E-state index contributed by atoms with van der Waals surface area (Å²) < 4.78 is 25.8. The van der Waals surface area contributed by atoms with Crippen molar-refractivity contribution in [1.29, 1.82) is 0 Å². The Morgan fingerprint density at radius 2 is 1.00 bits per heavy atom. The quantitative estimate of drug-likeness (QED) is 0.421. The van der Waals surface area contributed by atoms with E-state index in [0.29, 0.717) is 34.1 Å². The monoisotopic (exact) mass is 396 g/mol. The van der Waals surface area contributed by atoms with Crippen LogP contribution in [0.1, 0.15) is 11.1 Å². The van der Waals surface area contributed by atoms with Gasteiger partial charge in [-0.1, -0.05) is 12.1 Å². The van der Waals surface area contributed by atoms with E-state index >= 15 is 0 Å². The van der Waals surface area contributed by atoms with Crippen LogP contribution >= 0.6 is 0 Å². The van der Waals surface area contributed by atoms with Crippen LogP contribution < -0.4 is 18.9 Å². The maximum absolute atomic E-state index is 12.2. The molecular weight excluding hydrogens is 376 g/mol. The molecule has 2 aromatic carbocycles. The molecule has 29 heavy (non-hydrogen) atoms. The summed E-state index contributed by atoms with van der Waals surface area (Å²) in [5.74, 6) is 0.699. The number of hydrogen-bond acceptors (Lipinski definition) is 7. The molecule has 0 aromatic heterocycles. The summed E-state index contributed by atoms with van der Waals surface area (Å²) in [5.41, 5.74) is 1.61. The van der Waals surface area contributed by atoms with Crippen LogP contribution in [0.2, 0.25) is 0 Å². The predicted octanol–water partition coefficient (Wildman–Crippen LogP) is 3.27. The minimum absolute atomic E-state index is 0.150. The first-order valence-electron chi connectivity index (χ1n) is 8.65. The minimum atomic E-state index is -0.712. The topological polar surface area (TPSA) is 80.3 Å². The van der Waals surface area contributed by atoms with Crippen LogP contribution in [-0.2, 0) is 14.3 Å². The molecule has 0 saturated carbocycles. The zero-order valence-corrected chi connectivity index (χ0v) is 16.5. The molecular formula is C22H20O7. The van der Waals surface area contributed by atoms with Gasteiger partial charge in [0.05, 0.1) is 39.6 Å². The van der Waals surface area contributed by atoms with Crippen molar-refractivity contribution in [2.45, 2.75) is 0 Å². The summed E-state index contributed by atoms with van der Waals surface area (Å²) in [5, 5.41) is 0. The lowest BCUT2D eigenvalue weighted by Crippen LogP contribution is -1.97. The molecule has 0 aliphatic carbocycles. The zero-order chi connectivity index (χ0) is 21.0. The van der Waals surface area contributed by atoms with Gasteiger partial charge in [-0.25, -0.2) is 9.59 Å². The average molecular weight is 396 g/mol. The maximum atomic E-state index is 12.2. The van der Waals surface area contributed by atoms with Crippen LogP contribution in [0.15, 0.2) is 47.5 Å². The van der Waals surface area contributed by atoms with Gasteiger partial charge in [0.25, 0.3) is 0 Å². The fourth-order valence-corrected chi connectivity index (χ4v) is 2.91. The Balaban J connectivity index is 2.04. The fraction of sp³-hybridized carbons (Fsp3) is 0.182. The molecule has 1 aliphatic rings. The van der Waals surface area contributed by atoms with Gasteiger partial charge in [-0.15, -0.1) is 0 Å². The summed E-state index contributed by atoms with van der Waals surface area (Å²) >= 11 is 0. The second kappa shape index (κ2) is 8.52. The van der Waals surface area contributed by atoms with E-state index in [1.54, 1.807) is 48.6 Å². The third kappa shape index (κ3) is 4.08. The maximum Gasteiger partial charge on any atom is 0.346 e. The third-order valence-electron chi connectivity index (χ3n) is 4.35. The molecule has 1 fully saturated rings. The number of cyclic esters (lactones) is 2. The lowest BCUT2D eigenvalue weighted by molar-refractivity contribution is -0.149. The molecule has 0 spiro atoms. The van der Waals surface area contributed by atoms with E-state index in [9.17, 15) is 9.59 Å². The van der Waals surface area contributed by atoms with Crippen LogP contribution in [-0.4, -0.2) is 40.4 Å². The number of ether oxygens (including phenoxy) is 5. The fourth-order valence-electron chi connectivity index (χ4n) is 2.91. The third-order valence-corrected chi connectivity index (χ3v) is 4.35. The van der Waals surface area contributed by atoms with E-state index in [2.05, 4.69) is 0 Å². The first kappa shape index (κ1) is 20.0. The van der Waals surface area contributed by atoms with E-state index in [1.165, 1.54) is 28.4 Å². The predicted molar refractivity (Wildman–Crippen MR) is 106 cm³/mol. The Bertz CT molecular complexity index is 936. The van der Waals surface area contributed by atoms with Gasteiger partial charge in [0.2, 0.25) is 0 Å². The number of esters is 2. The molecule has 150 valence electrons.